The van der Waals surface area contributed by atoms with Crippen LogP contribution in [0.2, 0.25) is 0 Å². The summed E-state index contributed by atoms with van der Waals surface area (Å²) >= 11 is 6.38. The zero-order valence-electron chi connectivity index (χ0n) is 11.5. The normalized spacial score (nSPS) is 28.4. The fraction of sp³-hybridized carbons (Fsp3) is 0.562. The number of ether oxygens (including phenoxy) is 1. The summed E-state index contributed by atoms with van der Waals surface area (Å²) in [4.78, 5) is 12.1. The maximum absolute atomic E-state index is 12.1. The smallest absolute Gasteiger partial charge is 0.220 e. The second-order valence-corrected chi connectivity index (χ2v) is 6.20. The summed E-state index contributed by atoms with van der Waals surface area (Å²) < 4.78 is 5.54. The average Bonchev–Trinajstić information content (AvgIpc) is 3.06. The van der Waals surface area contributed by atoms with E-state index in [1.807, 2.05) is 12.1 Å². The van der Waals surface area contributed by atoms with Gasteiger partial charge < -0.3 is 10.1 Å². The highest BCUT2D eigenvalue weighted by molar-refractivity contribution is 6.21. The molecule has 0 spiro atoms. The Bertz CT molecular complexity index is 485. The van der Waals surface area contributed by atoms with Crippen LogP contribution in [0.25, 0.3) is 0 Å². The van der Waals surface area contributed by atoms with Crippen molar-refractivity contribution < 1.29 is 9.53 Å². The van der Waals surface area contributed by atoms with Gasteiger partial charge in [0.1, 0.15) is 0 Å². The molecule has 0 radical (unpaired) electrons. The first kappa shape index (κ1) is 13.9. The molecule has 1 amide bonds. The molecule has 0 aromatic heterocycles. The highest BCUT2D eigenvalue weighted by Gasteiger charge is 2.31. The van der Waals surface area contributed by atoms with E-state index >= 15 is 0 Å². The van der Waals surface area contributed by atoms with Crippen LogP contribution in [0.3, 0.4) is 0 Å². The molecule has 2 aliphatic rings. The summed E-state index contributed by atoms with van der Waals surface area (Å²) in [6.07, 6.45) is 4.63. The zero-order chi connectivity index (χ0) is 13.9. The number of rotatable bonds is 4. The van der Waals surface area contributed by atoms with Gasteiger partial charge in [0, 0.05) is 13.0 Å². The lowest BCUT2D eigenvalue weighted by Gasteiger charge is -2.18. The van der Waals surface area contributed by atoms with Crippen molar-refractivity contribution in [2.24, 2.45) is 0 Å². The quantitative estimate of drug-likeness (QED) is 0.867. The van der Waals surface area contributed by atoms with Crippen LogP contribution in [0.4, 0.5) is 0 Å². The van der Waals surface area contributed by atoms with E-state index in [1.54, 1.807) is 0 Å². The molecule has 1 aliphatic carbocycles. The van der Waals surface area contributed by atoms with Crippen LogP contribution in [-0.4, -0.2) is 24.0 Å². The second-order valence-electron chi connectivity index (χ2n) is 5.64. The molecule has 3 rings (SSSR count). The van der Waals surface area contributed by atoms with Gasteiger partial charge in [0.15, 0.2) is 0 Å². The lowest BCUT2D eigenvalue weighted by Crippen LogP contribution is -2.32. The predicted octanol–water partition coefficient (Wildman–Crippen LogP) is 2.97. The van der Waals surface area contributed by atoms with E-state index in [4.69, 9.17) is 16.3 Å². The van der Waals surface area contributed by atoms with Crippen molar-refractivity contribution in [1.82, 2.24) is 5.32 Å². The first-order valence-corrected chi connectivity index (χ1v) is 7.80. The Morgan fingerprint density at radius 1 is 1.40 bits per heavy atom. The van der Waals surface area contributed by atoms with E-state index in [1.165, 1.54) is 5.56 Å². The fourth-order valence-corrected chi connectivity index (χ4v) is 3.49. The molecule has 0 bridgehead atoms. The summed E-state index contributed by atoms with van der Waals surface area (Å²) in [5.41, 5.74) is 2.41. The molecule has 108 valence electrons. The standard InChI is InChI=1S/C16H20ClNO2/c17-14-10-11-4-1-2-6-13(11)16(14)18-15(19)8-7-12-5-3-9-20-12/h1-2,4,6,12,14,16H,3,5,7-10H2,(H,18,19). The number of fused-ring (bicyclic) bond motifs is 1. The van der Waals surface area contributed by atoms with Gasteiger partial charge in [0.05, 0.1) is 17.5 Å². The molecule has 4 heteroatoms. The molecule has 20 heavy (non-hydrogen) atoms. The van der Waals surface area contributed by atoms with Crippen LogP contribution in [0.5, 0.6) is 0 Å². The second kappa shape index (κ2) is 6.15. The maximum atomic E-state index is 12.1. The number of hydrogen-bond acceptors (Lipinski definition) is 2. The molecule has 3 nitrogen and oxygen atoms in total. The highest BCUT2D eigenvalue weighted by Crippen LogP contribution is 2.34. The summed E-state index contributed by atoms with van der Waals surface area (Å²) in [5.74, 6) is 0.0767. The number of carbonyl (C=O) groups excluding carboxylic acids is 1. The number of halogens is 1. The van der Waals surface area contributed by atoms with Crippen LogP contribution < -0.4 is 5.32 Å². The number of hydrogen-bond donors (Lipinski definition) is 1. The molecule has 3 atom stereocenters. The molecule has 0 saturated carbocycles. The minimum absolute atomic E-state index is 0.0425. The van der Waals surface area contributed by atoms with Gasteiger partial charge in [-0.15, -0.1) is 11.6 Å². The van der Waals surface area contributed by atoms with Crippen molar-refractivity contribution >= 4 is 17.5 Å². The summed E-state index contributed by atoms with van der Waals surface area (Å²) in [5, 5.41) is 3.04. The third-order valence-electron chi connectivity index (χ3n) is 4.20. The predicted molar refractivity (Wildman–Crippen MR) is 78.9 cm³/mol. The Hall–Kier alpha value is -1.06. The molecular weight excluding hydrogens is 274 g/mol. The van der Waals surface area contributed by atoms with Crippen LogP contribution in [0, 0.1) is 0 Å². The van der Waals surface area contributed by atoms with Crippen LogP contribution >= 0.6 is 11.6 Å². The Morgan fingerprint density at radius 3 is 3.05 bits per heavy atom. The summed E-state index contributed by atoms with van der Waals surface area (Å²) in [6, 6.07) is 8.11. The van der Waals surface area contributed by atoms with Crippen molar-refractivity contribution in [3.63, 3.8) is 0 Å². The molecule has 1 saturated heterocycles. The highest BCUT2D eigenvalue weighted by atomic mass is 35.5. The SMILES string of the molecule is O=C(CCC1CCCO1)NC1c2ccccc2CC1Cl. The molecule has 1 fully saturated rings. The van der Waals surface area contributed by atoms with Crippen LogP contribution in [0.1, 0.15) is 42.9 Å². The minimum Gasteiger partial charge on any atom is -0.378 e. The number of benzene rings is 1. The van der Waals surface area contributed by atoms with Crippen LogP contribution in [-0.2, 0) is 16.0 Å². The topological polar surface area (TPSA) is 38.3 Å². The summed E-state index contributed by atoms with van der Waals surface area (Å²) in [7, 11) is 0. The molecule has 1 aromatic rings. The van der Waals surface area contributed by atoms with Gasteiger partial charge in [-0.3, -0.25) is 4.79 Å². The van der Waals surface area contributed by atoms with E-state index in [2.05, 4.69) is 17.4 Å². The number of nitrogens with one attached hydrogen (secondary N) is 1. The monoisotopic (exact) mass is 293 g/mol. The van der Waals surface area contributed by atoms with Gasteiger partial charge >= 0.3 is 0 Å². The molecule has 1 aliphatic heterocycles. The van der Waals surface area contributed by atoms with E-state index in [0.29, 0.717) is 6.42 Å². The van der Waals surface area contributed by atoms with Gasteiger partial charge in [0.2, 0.25) is 5.91 Å². The van der Waals surface area contributed by atoms with Gasteiger partial charge in [-0.1, -0.05) is 24.3 Å². The van der Waals surface area contributed by atoms with Gasteiger partial charge in [-0.2, -0.15) is 0 Å². The Balaban J connectivity index is 1.55. The first-order chi connectivity index (χ1) is 9.74. The molecular formula is C16H20ClNO2. The van der Waals surface area contributed by atoms with Gasteiger partial charge in [-0.05, 0) is 36.8 Å². The number of amides is 1. The Morgan fingerprint density at radius 2 is 2.25 bits per heavy atom. The van der Waals surface area contributed by atoms with Crippen molar-refractivity contribution in [2.45, 2.75) is 49.6 Å². The zero-order valence-corrected chi connectivity index (χ0v) is 12.2. The average molecular weight is 294 g/mol. The van der Waals surface area contributed by atoms with Crippen molar-refractivity contribution in [1.29, 1.82) is 0 Å². The van der Waals surface area contributed by atoms with Crippen molar-refractivity contribution in [3.8, 4) is 0 Å². The number of carbonyl (C=O) groups is 1. The Kier molecular flexibility index (Phi) is 4.27. The van der Waals surface area contributed by atoms with Crippen LogP contribution in [0.15, 0.2) is 24.3 Å². The number of alkyl halides is 1. The molecule has 1 aromatic carbocycles. The van der Waals surface area contributed by atoms with E-state index in [9.17, 15) is 4.79 Å². The third-order valence-corrected chi connectivity index (χ3v) is 4.61. The van der Waals surface area contributed by atoms with E-state index < -0.39 is 0 Å². The van der Waals surface area contributed by atoms with E-state index in [-0.39, 0.29) is 23.4 Å². The van der Waals surface area contributed by atoms with Gasteiger partial charge in [0.25, 0.3) is 0 Å². The van der Waals surface area contributed by atoms with Crippen molar-refractivity contribution in [2.75, 3.05) is 6.61 Å². The molecule has 3 unspecified atom stereocenters. The third kappa shape index (κ3) is 2.99. The lowest BCUT2D eigenvalue weighted by atomic mass is 10.1. The summed E-state index contributed by atoms with van der Waals surface area (Å²) in [6.45, 7) is 0.839. The van der Waals surface area contributed by atoms with Gasteiger partial charge in [-0.25, -0.2) is 0 Å². The minimum atomic E-state index is -0.0511. The molecule has 1 N–H and O–H groups in total. The molecule has 1 heterocycles. The maximum Gasteiger partial charge on any atom is 0.220 e. The lowest BCUT2D eigenvalue weighted by molar-refractivity contribution is -0.122. The Labute approximate surface area is 124 Å². The fourth-order valence-electron chi connectivity index (χ4n) is 3.12. The van der Waals surface area contributed by atoms with Crippen molar-refractivity contribution in [3.05, 3.63) is 35.4 Å². The van der Waals surface area contributed by atoms with E-state index in [0.717, 1.165) is 37.9 Å². The first-order valence-electron chi connectivity index (χ1n) is 7.37. The largest absolute Gasteiger partial charge is 0.378 e.